The summed E-state index contributed by atoms with van der Waals surface area (Å²) in [6.07, 6.45) is 3.61. The second kappa shape index (κ2) is 6.35. The number of aromatic amines is 1. The minimum Gasteiger partial charge on any atom is -0.336 e. The van der Waals surface area contributed by atoms with Gasteiger partial charge >= 0.3 is 0 Å². The largest absolute Gasteiger partial charge is 0.336 e. The zero-order chi connectivity index (χ0) is 18.4. The van der Waals surface area contributed by atoms with Crippen LogP contribution in [0.5, 0.6) is 0 Å². The third-order valence-corrected chi connectivity index (χ3v) is 6.04. The van der Waals surface area contributed by atoms with Crippen molar-refractivity contribution in [2.45, 2.75) is 39.7 Å². The van der Waals surface area contributed by atoms with Gasteiger partial charge in [-0.1, -0.05) is 6.92 Å². The molecule has 136 valence electrons. The molecule has 1 saturated heterocycles. The van der Waals surface area contributed by atoms with Gasteiger partial charge in [0, 0.05) is 12.6 Å². The number of fused-ring (bicyclic) bond motifs is 1. The topological polar surface area (TPSA) is 83.9 Å². The molecule has 2 unspecified atom stereocenters. The monoisotopic (exact) mass is 371 g/mol. The standard InChI is InChI=1S/C18H21N5O2S/c1-10-4-6-22(11(2)8-10)17(25)13-9-19-23(12(13)3)18-20-14-5-7-26-15(14)16(24)21-18/h5,7,9-11H,4,6,8H2,1-3H3,(H,20,21,24). The van der Waals surface area contributed by atoms with E-state index in [9.17, 15) is 9.59 Å². The molecule has 4 rings (SSSR count). The fraction of sp³-hybridized carbons (Fsp3) is 0.444. The van der Waals surface area contributed by atoms with Crippen LogP contribution in [0.25, 0.3) is 16.2 Å². The maximum atomic E-state index is 13.0. The minimum atomic E-state index is -0.193. The van der Waals surface area contributed by atoms with Crippen molar-refractivity contribution in [3.8, 4) is 5.95 Å². The van der Waals surface area contributed by atoms with Crippen LogP contribution in [0.3, 0.4) is 0 Å². The highest BCUT2D eigenvalue weighted by Gasteiger charge is 2.29. The Morgan fingerprint density at radius 1 is 1.38 bits per heavy atom. The molecule has 4 heterocycles. The predicted molar refractivity (Wildman–Crippen MR) is 101 cm³/mol. The fourth-order valence-corrected chi connectivity index (χ4v) is 4.38. The molecule has 3 aromatic heterocycles. The van der Waals surface area contributed by atoms with Gasteiger partial charge in [-0.2, -0.15) is 5.10 Å². The lowest BCUT2D eigenvalue weighted by molar-refractivity contribution is 0.0588. The van der Waals surface area contributed by atoms with Crippen molar-refractivity contribution < 1.29 is 4.79 Å². The normalized spacial score (nSPS) is 20.7. The highest BCUT2D eigenvalue weighted by Crippen LogP contribution is 2.25. The van der Waals surface area contributed by atoms with Crippen LogP contribution in [-0.4, -0.2) is 43.1 Å². The Morgan fingerprint density at radius 3 is 2.96 bits per heavy atom. The average molecular weight is 371 g/mol. The molecule has 0 saturated carbocycles. The summed E-state index contributed by atoms with van der Waals surface area (Å²) >= 11 is 1.35. The number of hydrogen-bond donors (Lipinski definition) is 1. The third kappa shape index (κ3) is 2.74. The Morgan fingerprint density at radius 2 is 2.19 bits per heavy atom. The lowest BCUT2D eigenvalue weighted by Crippen LogP contribution is -2.44. The molecule has 0 spiro atoms. The number of amides is 1. The molecule has 0 bridgehead atoms. The van der Waals surface area contributed by atoms with E-state index in [1.54, 1.807) is 12.3 Å². The van der Waals surface area contributed by atoms with Gasteiger partial charge in [-0.25, -0.2) is 9.67 Å². The SMILES string of the molecule is Cc1c(C(=O)N2CCC(C)CC2C)cnn1-c1nc2ccsc2c(=O)[nH]1. The van der Waals surface area contributed by atoms with E-state index in [0.717, 1.165) is 19.4 Å². The van der Waals surface area contributed by atoms with E-state index in [2.05, 4.69) is 28.9 Å². The number of hydrogen-bond acceptors (Lipinski definition) is 5. The van der Waals surface area contributed by atoms with Crippen LogP contribution in [0.4, 0.5) is 0 Å². The van der Waals surface area contributed by atoms with Crippen molar-refractivity contribution in [2.24, 2.45) is 5.92 Å². The Labute approximate surface area is 154 Å². The van der Waals surface area contributed by atoms with Crippen LogP contribution in [0, 0.1) is 12.8 Å². The first-order valence-corrected chi connectivity index (χ1v) is 9.67. The van der Waals surface area contributed by atoms with Gasteiger partial charge in [-0.15, -0.1) is 11.3 Å². The summed E-state index contributed by atoms with van der Waals surface area (Å²) in [6, 6.07) is 2.02. The van der Waals surface area contributed by atoms with Gasteiger partial charge < -0.3 is 4.90 Å². The van der Waals surface area contributed by atoms with E-state index in [1.165, 1.54) is 16.0 Å². The van der Waals surface area contributed by atoms with Crippen molar-refractivity contribution in [2.75, 3.05) is 6.54 Å². The smallest absolute Gasteiger partial charge is 0.270 e. The summed E-state index contributed by atoms with van der Waals surface area (Å²) in [5.74, 6) is 0.967. The molecular weight excluding hydrogens is 350 g/mol. The average Bonchev–Trinajstić information content (AvgIpc) is 3.21. The van der Waals surface area contributed by atoms with Gasteiger partial charge in [-0.05, 0) is 44.1 Å². The summed E-state index contributed by atoms with van der Waals surface area (Å²) in [5, 5.41) is 6.15. The molecule has 26 heavy (non-hydrogen) atoms. The molecule has 7 nitrogen and oxygen atoms in total. The number of carbonyl (C=O) groups is 1. The van der Waals surface area contributed by atoms with E-state index in [-0.39, 0.29) is 17.5 Å². The van der Waals surface area contributed by atoms with Crippen LogP contribution in [-0.2, 0) is 0 Å². The molecule has 1 fully saturated rings. The molecule has 3 aromatic rings. The predicted octanol–water partition coefficient (Wildman–Crippen LogP) is 2.74. The van der Waals surface area contributed by atoms with Crippen LogP contribution >= 0.6 is 11.3 Å². The zero-order valence-electron chi connectivity index (χ0n) is 15.0. The lowest BCUT2D eigenvalue weighted by Gasteiger charge is -2.36. The number of rotatable bonds is 2. The first kappa shape index (κ1) is 17.0. The maximum absolute atomic E-state index is 13.0. The molecule has 0 radical (unpaired) electrons. The van der Waals surface area contributed by atoms with Gasteiger partial charge in [0.25, 0.3) is 11.5 Å². The summed E-state index contributed by atoms with van der Waals surface area (Å²) in [5.41, 5.74) is 1.68. The molecule has 8 heteroatoms. The quantitative estimate of drug-likeness (QED) is 0.751. The lowest BCUT2D eigenvalue weighted by atomic mass is 9.93. The maximum Gasteiger partial charge on any atom is 0.270 e. The van der Waals surface area contributed by atoms with Gasteiger partial charge in [0.15, 0.2) is 0 Å². The molecule has 1 N–H and O–H groups in total. The van der Waals surface area contributed by atoms with E-state index in [0.29, 0.717) is 33.3 Å². The number of aromatic nitrogens is 4. The van der Waals surface area contributed by atoms with Crippen molar-refractivity contribution in [1.82, 2.24) is 24.6 Å². The fourth-order valence-electron chi connectivity index (χ4n) is 3.66. The van der Waals surface area contributed by atoms with Crippen LogP contribution in [0.2, 0.25) is 0 Å². The molecule has 0 aromatic carbocycles. The molecule has 0 aliphatic carbocycles. The highest BCUT2D eigenvalue weighted by molar-refractivity contribution is 7.17. The summed E-state index contributed by atoms with van der Waals surface area (Å²) in [4.78, 5) is 34.4. The number of thiophene rings is 1. The first-order chi connectivity index (χ1) is 12.5. The van der Waals surface area contributed by atoms with Crippen molar-refractivity contribution in [1.29, 1.82) is 0 Å². The van der Waals surface area contributed by atoms with E-state index in [1.807, 2.05) is 17.2 Å². The Balaban J connectivity index is 1.69. The van der Waals surface area contributed by atoms with Crippen LogP contribution in [0.1, 0.15) is 42.7 Å². The molecule has 1 aliphatic rings. The number of piperidine rings is 1. The number of H-pyrrole nitrogens is 1. The Kier molecular flexibility index (Phi) is 4.14. The Bertz CT molecular complexity index is 1030. The summed E-state index contributed by atoms with van der Waals surface area (Å²) < 4.78 is 2.12. The minimum absolute atomic E-state index is 0.00731. The second-order valence-electron chi connectivity index (χ2n) is 7.06. The van der Waals surface area contributed by atoms with Gasteiger partial charge in [-0.3, -0.25) is 14.6 Å². The Hall–Kier alpha value is -2.48. The van der Waals surface area contributed by atoms with Crippen LogP contribution < -0.4 is 5.56 Å². The van der Waals surface area contributed by atoms with E-state index >= 15 is 0 Å². The first-order valence-electron chi connectivity index (χ1n) is 8.79. The third-order valence-electron chi connectivity index (χ3n) is 5.14. The van der Waals surface area contributed by atoms with Crippen molar-refractivity contribution >= 4 is 27.5 Å². The van der Waals surface area contributed by atoms with E-state index < -0.39 is 0 Å². The number of nitrogens with one attached hydrogen (secondary N) is 1. The zero-order valence-corrected chi connectivity index (χ0v) is 15.8. The molecule has 1 amide bonds. The summed E-state index contributed by atoms with van der Waals surface area (Å²) in [6.45, 7) is 6.91. The van der Waals surface area contributed by atoms with Gasteiger partial charge in [0.05, 0.1) is 23.0 Å². The summed E-state index contributed by atoms with van der Waals surface area (Å²) in [7, 11) is 0. The van der Waals surface area contributed by atoms with Gasteiger partial charge in [0.2, 0.25) is 5.95 Å². The molecule has 1 aliphatic heterocycles. The van der Waals surface area contributed by atoms with Crippen molar-refractivity contribution in [3.05, 3.63) is 39.3 Å². The van der Waals surface area contributed by atoms with Gasteiger partial charge in [0.1, 0.15) is 4.70 Å². The van der Waals surface area contributed by atoms with Crippen LogP contribution in [0.15, 0.2) is 22.4 Å². The van der Waals surface area contributed by atoms with E-state index in [4.69, 9.17) is 0 Å². The number of carbonyl (C=O) groups excluding carboxylic acids is 1. The molecular formula is C18H21N5O2S. The van der Waals surface area contributed by atoms with Crippen molar-refractivity contribution in [3.63, 3.8) is 0 Å². The number of nitrogens with zero attached hydrogens (tertiary/aromatic N) is 4. The second-order valence-corrected chi connectivity index (χ2v) is 7.97. The number of likely N-dealkylation sites (tertiary alicyclic amines) is 1. The molecule has 2 atom stereocenters. The highest BCUT2D eigenvalue weighted by atomic mass is 32.1.